The average Bonchev–Trinajstić information content (AvgIpc) is 1.83. The van der Waals surface area contributed by atoms with Crippen LogP contribution in [0.15, 0.2) is 0 Å². The van der Waals surface area contributed by atoms with Gasteiger partial charge < -0.3 is 4.43 Å². The van der Waals surface area contributed by atoms with Crippen molar-refractivity contribution >= 4 is 9.76 Å². The quantitative estimate of drug-likeness (QED) is 0.524. The van der Waals surface area contributed by atoms with Crippen molar-refractivity contribution in [3.05, 3.63) is 0 Å². The van der Waals surface area contributed by atoms with Crippen molar-refractivity contribution in [2.75, 3.05) is 6.61 Å². The van der Waals surface area contributed by atoms with Gasteiger partial charge in [-0.15, -0.1) is 0 Å². The lowest BCUT2D eigenvalue weighted by Gasteiger charge is -2.04. The molecule has 1 unspecified atom stereocenters. The first-order valence-corrected chi connectivity index (χ1v) is 4.78. The van der Waals surface area contributed by atoms with Crippen LogP contribution in [0.25, 0.3) is 0 Å². The van der Waals surface area contributed by atoms with E-state index in [0.717, 1.165) is 12.1 Å². The van der Waals surface area contributed by atoms with Gasteiger partial charge in [-0.2, -0.15) is 0 Å². The lowest BCUT2D eigenvalue weighted by molar-refractivity contribution is 0.353. The third-order valence-corrected chi connectivity index (χ3v) is 3.09. The SMILES string of the molecule is CCO[SiH2]C(C)CC. The normalized spacial score (nSPS) is 15.4. The van der Waals surface area contributed by atoms with E-state index >= 15 is 0 Å². The molecule has 8 heavy (non-hydrogen) atoms. The van der Waals surface area contributed by atoms with Crippen LogP contribution in [-0.4, -0.2) is 16.4 Å². The van der Waals surface area contributed by atoms with E-state index in [1.165, 1.54) is 6.42 Å². The first kappa shape index (κ1) is 8.18. The zero-order valence-electron chi connectivity index (χ0n) is 6.11. The van der Waals surface area contributed by atoms with Crippen molar-refractivity contribution in [3.63, 3.8) is 0 Å². The van der Waals surface area contributed by atoms with Crippen LogP contribution >= 0.6 is 0 Å². The Morgan fingerprint density at radius 1 is 1.50 bits per heavy atom. The van der Waals surface area contributed by atoms with Gasteiger partial charge in [-0.3, -0.25) is 0 Å². The number of hydrogen-bond donors (Lipinski definition) is 0. The molecule has 0 N–H and O–H groups in total. The molecule has 50 valence electrons. The minimum atomic E-state index is -0.164. The van der Waals surface area contributed by atoms with E-state index < -0.39 is 0 Å². The minimum Gasteiger partial charge on any atom is -0.424 e. The van der Waals surface area contributed by atoms with Crippen molar-refractivity contribution in [2.45, 2.75) is 32.7 Å². The second kappa shape index (κ2) is 5.32. The summed E-state index contributed by atoms with van der Waals surface area (Å²) in [4.78, 5) is 0. The largest absolute Gasteiger partial charge is 0.424 e. The van der Waals surface area contributed by atoms with Gasteiger partial charge >= 0.3 is 0 Å². The predicted octanol–water partition coefficient (Wildman–Crippen LogP) is 1.33. The highest BCUT2D eigenvalue weighted by molar-refractivity contribution is 6.29. The molecular weight excluding hydrogens is 116 g/mol. The van der Waals surface area contributed by atoms with Gasteiger partial charge in [0.05, 0.1) is 0 Å². The molecule has 0 aliphatic heterocycles. The maximum Gasteiger partial charge on any atom is 0.164 e. The summed E-state index contributed by atoms with van der Waals surface area (Å²) < 4.78 is 5.33. The maximum atomic E-state index is 5.33. The van der Waals surface area contributed by atoms with E-state index in [2.05, 4.69) is 20.8 Å². The molecule has 1 nitrogen and oxygen atoms in total. The van der Waals surface area contributed by atoms with E-state index in [1.807, 2.05) is 0 Å². The minimum absolute atomic E-state index is 0.164. The van der Waals surface area contributed by atoms with Crippen molar-refractivity contribution in [3.8, 4) is 0 Å². The van der Waals surface area contributed by atoms with E-state index in [-0.39, 0.29) is 9.76 Å². The molecule has 0 radical (unpaired) electrons. The Morgan fingerprint density at radius 2 is 2.12 bits per heavy atom. The molecule has 0 bridgehead atoms. The lowest BCUT2D eigenvalue weighted by atomic mass is 10.4. The topological polar surface area (TPSA) is 9.23 Å². The molecule has 0 aliphatic carbocycles. The van der Waals surface area contributed by atoms with E-state index in [4.69, 9.17) is 4.43 Å². The Labute approximate surface area is 54.4 Å². The highest BCUT2D eigenvalue weighted by Crippen LogP contribution is 2.04. The Bertz CT molecular complexity index is 47.8. The van der Waals surface area contributed by atoms with Gasteiger partial charge in [-0.05, 0) is 12.5 Å². The van der Waals surface area contributed by atoms with E-state index in [1.54, 1.807) is 0 Å². The fraction of sp³-hybridized carbons (Fsp3) is 1.00. The van der Waals surface area contributed by atoms with Crippen LogP contribution in [0.1, 0.15) is 27.2 Å². The second-order valence-corrected chi connectivity index (χ2v) is 4.31. The predicted molar refractivity (Wildman–Crippen MR) is 39.9 cm³/mol. The third kappa shape index (κ3) is 4.34. The van der Waals surface area contributed by atoms with Crippen LogP contribution in [0, 0.1) is 0 Å². The highest BCUT2D eigenvalue weighted by Gasteiger charge is 1.96. The number of hydrogen-bond acceptors (Lipinski definition) is 1. The van der Waals surface area contributed by atoms with Gasteiger partial charge in [-0.1, -0.05) is 20.3 Å². The third-order valence-electron chi connectivity index (χ3n) is 1.30. The fourth-order valence-electron chi connectivity index (χ4n) is 0.437. The molecule has 0 aromatic heterocycles. The first-order valence-electron chi connectivity index (χ1n) is 3.39. The fourth-order valence-corrected chi connectivity index (χ4v) is 1.31. The van der Waals surface area contributed by atoms with Crippen molar-refractivity contribution < 1.29 is 4.43 Å². The maximum absolute atomic E-state index is 5.33. The van der Waals surface area contributed by atoms with Crippen LogP contribution in [0.3, 0.4) is 0 Å². The zero-order chi connectivity index (χ0) is 6.41. The molecular formula is C6H16OSi. The molecule has 0 amide bonds. The number of rotatable bonds is 4. The van der Waals surface area contributed by atoms with Gasteiger partial charge in [0.25, 0.3) is 0 Å². The molecule has 0 spiro atoms. The molecule has 0 aromatic rings. The summed E-state index contributed by atoms with van der Waals surface area (Å²) in [7, 11) is -0.164. The van der Waals surface area contributed by atoms with Gasteiger partial charge in [0, 0.05) is 6.61 Å². The highest BCUT2D eigenvalue weighted by atomic mass is 28.2. The Hall–Kier alpha value is 0.177. The van der Waals surface area contributed by atoms with Crippen molar-refractivity contribution in [1.82, 2.24) is 0 Å². The molecule has 0 saturated carbocycles. The molecule has 0 aliphatic rings. The first-order chi connectivity index (χ1) is 3.81. The molecule has 0 heterocycles. The summed E-state index contributed by atoms with van der Waals surface area (Å²) in [5.74, 6) is 0. The van der Waals surface area contributed by atoms with Gasteiger partial charge in [0.15, 0.2) is 9.76 Å². The molecule has 2 heteroatoms. The molecule has 1 atom stereocenters. The smallest absolute Gasteiger partial charge is 0.164 e. The molecule has 0 fully saturated rings. The Morgan fingerprint density at radius 3 is 2.50 bits per heavy atom. The van der Waals surface area contributed by atoms with Crippen LogP contribution in [0.5, 0.6) is 0 Å². The summed E-state index contributed by atoms with van der Waals surface area (Å²) in [6, 6.07) is 0. The van der Waals surface area contributed by atoms with Crippen LogP contribution in [0.4, 0.5) is 0 Å². The standard InChI is InChI=1S/C6H16OSi/c1-4-6(3)8-7-5-2/h6H,4-5,8H2,1-3H3. The summed E-state index contributed by atoms with van der Waals surface area (Å²) in [6.45, 7) is 7.46. The summed E-state index contributed by atoms with van der Waals surface area (Å²) in [5, 5.41) is 0. The zero-order valence-corrected chi connectivity index (χ0v) is 7.52. The second-order valence-electron chi connectivity index (χ2n) is 2.17. The summed E-state index contributed by atoms with van der Waals surface area (Å²) in [6.07, 6.45) is 1.28. The van der Waals surface area contributed by atoms with Crippen LogP contribution in [-0.2, 0) is 4.43 Å². The van der Waals surface area contributed by atoms with Gasteiger partial charge in [0.2, 0.25) is 0 Å². The molecule has 0 rings (SSSR count). The van der Waals surface area contributed by atoms with Crippen molar-refractivity contribution in [1.29, 1.82) is 0 Å². The monoisotopic (exact) mass is 132 g/mol. The Balaban J connectivity index is 2.86. The Kier molecular flexibility index (Phi) is 5.43. The van der Waals surface area contributed by atoms with E-state index in [9.17, 15) is 0 Å². The summed E-state index contributed by atoms with van der Waals surface area (Å²) in [5.41, 5.74) is 0.870. The molecule has 0 aromatic carbocycles. The van der Waals surface area contributed by atoms with Crippen molar-refractivity contribution in [2.24, 2.45) is 0 Å². The van der Waals surface area contributed by atoms with E-state index in [0.29, 0.717) is 0 Å². The average molecular weight is 132 g/mol. The van der Waals surface area contributed by atoms with Crippen LogP contribution in [0.2, 0.25) is 5.54 Å². The van der Waals surface area contributed by atoms with Gasteiger partial charge in [0.1, 0.15) is 0 Å². The lowest BCUT2D eigenvalue weighted by Crippen LogP contribution is -2.03. The summed E-state index contributed by atoms with van der Waals surface area (Å²) >= 11 is 0. The van der Waals surface area contributed by atoms with Gasteiger partial charge in [-0.25, -0.2) is 0 Å². The molecule has 0 saturated heterocycles. The van der Waals surface area contributed by atoms with Crippen LogP contribution < -0.4 is 0 Å².